The topological polar surface area (TPSA) is 56.1 Å². The molecule has 0 radical (unpaired) electrons. The third-order valence-electron chi connectivity index (χ3n) is 2.17. The molecule has 0 saturated carbocycles. The second-order valence-electron chi connectivity index (χ2n) is 3.22. The van der Waals surface area contributed by atoms with Crippen LogP contribution in [0.1, 0.15) is 0 Å². The van der Waals surface area contributed by atoms with Gasteiger partial charge in [0.2, 0.25) is 5.91 Å². The minimum absolute atomic E-state index is 0.0733. The van der Waals surface area contributed by atoms with Gasteiger partial charge < -0.3 is 10.2 Å². The Bertz CT molecular complexity index is 452. The van der Waals surface area contributed by atoms with Crippen LogP contribution in [0, 0.1) is 17.1 Å². The first-order chi connectivity index (χ1) is 7.20. The molecule has 5 heteroatoms. The van der Waals surface area contributed by atoms with Gasteiger partial charge in [-0.2, -0.15) is 5.26 Å². The summed E-state index contributed by atoms with van der Waals surface area (Å²) < 4.78 is 13.0. The fourth-order valence-electron chi connectivity index (χ4n) is 1.55. The van der Waals surface area contributed by atoms with E-state index < -0.39 is 0 Å². The Balaban J connectivity index is 2.43. The largest absolute Gasteiger partial charge is 0.347 e. The summed E-state index contributed by atoms with van der Waals surface area (Å²) in [5.41, 5.74) is 1.10. The molecule has 0 atom stereocenters. The van der Waals surface area contributed by atoms with E-state index >= 15 is 0 Å². The quantitative estimate of drug-likeness (QED) is 0.698. The van der Waals surface area contributed by atoms with Crippen molar-refractivity contribution in [2.75, 3.05) is 23.3 Å². The highest BCUT2D eigenvalue weighted by molar-refractivity contribution is 6.01. The number of hydrogen-bond acceptors (Lipinski definition) is 3. The van der Waals surface area contributed by atoms with Crippen LogP contribution >= 0.6 is 0 Å². The molecule has 1 aliphatic heterocycles. The van der Waals surface area contributed by atoms with Gasteiger partial charge in [0.1, 0.15) is 12.4 Å². The number of nitrogens with one attached hydrogen (secondary N) is 1. The molecule has 1 aliphatic rings. The van der Waals surface area contributed by atoms with Crippen LogP contribution in [0.3, 0.4) is 0 Å². The molecule has 4 nitrogen and oxygen atoms in total. The van der Waals surface area contributed by atoms with E-state index in [-0.39, 0.29) is 24.8 Å². The third kappa shape index (κ3) is 1.74. The molecule has 0 aliphatic carbocycles. The zero-order valence-corrected chi connectivity index (χ0v) is 7.83. The standard InChI is InChI=1S/C10H8FN3O/c11-7-1-2-8-9(5-7)14(4-3-12)6-10(15)13-8/h1-2,5H,4,6H2,(H,13,15). The molecule has 0 spiro atoms. The van der Waals surface area contributed by atoms with Gasteiger partial charge in [-0.1, -0.05) is 0 Å². The van der Waals surface area contributed by atoms with Crippen LogP contribution < -0.4 is 10.2 Å². The van der Waals surface area contributed by atoms with E-state index in [4.69, 9.17) is 5.26 Å². The van der Waals surface area contributed by atoms with Crippen LogP contribution in [0.25, 0.3) is 0 Å². The average molecular weight is 205 g/mol. The van der Waals surface area contributed by atoms with Gasteiger partial charge in [-0.25, -0.2) is 4.39 Å². The summed E-state index contributed by atoms with van der Waals surface area (Å²) >= 11 is 0. The van der Waals surface area contributed by atoms with E-state index in [1.807, 2.05) is 6.07 Å². The van der Waals surface area contributed by atoms with Crippen molar-refractivity contribution in [1.29, 1.82) is 5.26 Å². The van der Waals surface area contributed by atoms with Crippen molar-refractivity contribution in [1.82, 2.24) is 0 Å². The SMILES string of the molecule is N#CCN1CC(=O)Nc2ccc(F)cc21. The molecule has 2 rings (SSSR count). The minimum atomic E-state index is -0.382. The molecular weight excluding hydrogens is 197 g/mol. The number of anilines is 2. The predicted molar refractivity (Wildman–Crippen MR) is 52.9 cm³/mol. The van der Waals surface area contributed by atoms with E-state index in [1.54, 1.807) is 0 Å². The van der Waals surface area contributed by atoms with E-state index in [0.717, 1.165) is 0 Å². The number of carbonyl (C=O) groups excluding carboxylic acids is 1. The van der Waals surface area contributed by atoms with Crippen molar-refractivity contribution in [3.05, 3.63) is 24.0 Å². The first kappa shape index (κ1) is 9.46. The van der Waals surface area contributed by atoms with E-state index in [9.17, 15) is 9.18 Å². The first-order valence-electron chi connectivity index (χ1n) is 4.42. The Morgan fingerprint density at radius 2 is 2.40 bits per heavy atom. The molecule has 1 aromatic carbocycles. The van der Waals surface area contributed by atoms with Crippen LogP contribution in [0.15, 0.2) is 18.2 Å². The van der Waals surface area contributed by atoms with Crippen LogP contribution in [0.4, 0.5) is 15.8 Å². The van der Waals surface area contributed by atoms with Gasteiger partial charge in [-0.3, -0.25) is 4.79 Å². The lowest BCUT2D eigenvalue weighted by Gasteiger charge is -2.28. The Morgan fingerprint density at radius 1 is 1.60 bits per heavy atom. The molecule has 1 aromatic rings. The zero-order chi connectivity index (χ0) is 10.8. The normalized spacial score (nSPS) is 14.1. The number of nitrogens with zero attached hydrogens (tertiary/aromatic N) is 2. The number of nitriles is 1. The van der Waals surface area contributed by atoms with Crippen LogP contribution in [-0.4, -0.2) is 19.0 Å². The third-order valence-corrected chi connectivity index (χ3v) is 2.17. The summed E-state index contributed by atoms with van der Waals surface area (Å²) in [7, 11) is 0. The fraction of sp³-hybridized carbons (Fsp3) is 0.200. The average Bonchev–Trinajstić information content (AvgIpc) is 2.19. The van der Waals surface area contributed by atoms with E-state index in [2.05, 4.69) is 5.32 Å². The lowest BCUT2D eigenvalue weighted by Crippen LogP contribution is -2.38. The van der Waals surface area contributed by atoms with Gasteiger partial charge in [0.05, 0.1) is 24.0 Å². The maximum absolute atomic E-state index is 13.0. The summed E-state index contributed by atoms with van der Waals surface area (Å²) in [6, 6.07) is 6.02. The van der Waals surface area contributed by atoms with Crippen LogP contribution in [0.5, 0.6) is 0 Å². The molecule has 0 unspecified atom stereocenters. The van der Waals surface area contributed by atoms with E-state index in [1.165, 1.54) is 23.1 Å². The predicted octanol–water partition coefficient (Wildman–Crippen LogP) is 1.11. The minimum Gasteiger partial charge on any atom is -0.347 e. The summed E-state index contributed by atoms with van der Waals surface area (Å²) in [6.07, 6.45) is 0. The highest BCUT2D eigenvalue weighted by Crippen LogP contribution is 2.29. The fourth-order valence-corrected chi connectivity index (χ4v) is 1.55. The molecule has 1 heterocycles. The molecule has 0 aromatic heterocycles. The zero-order valence-electron chi connectivity index (χ0n) is 7.83. The number of carbonyl (C=O) groups is 1. The molecule has 1 amide bonds. The lowest BCUT2D eigenvalue weighted by atomic mass is 10.2. The Morgan fingerprint density at radius 3 is 3.13 bits per heavy atom. The van der Waals surface area contributed by atoms with Gasteiger partial charge in [0.15, 0.2) is 0 Å². The summed E-state index contributed by atoms with van der Waals surface area (Å²) in [4.78, 5) is 12.8. The van der Waals surface area contributed by atoms with Crippen LogP contribution in [0.2, 0.25) is 0 Å². The molecule has 15 heavy (non-hydrogen) atoms. The van der Waals surface area contributed by atoms with Crippen molar-refractivity contribution < 1.29 is 9.18 Å². The summed E-state index contributed by atoms with van der Waals surface area (Å²) in [5.74, 6) is -0.572. The second kappa shape index (κ2) is 3.58. The Labute approximate surface area is 85.9 Å². The molecule has 0 bridgehead atoms. The molecule has 76 valence electrons. The van der Waals surface area contributed by atoms with E-state index in [0.29, 0.717) is 11.4 Å². The van der Waals surface area contributed by atoms with Crippen molar-refractivity contribution in [2.45, 2.75) is 0 Å². The van der Waals surface area contributed by atoms with Gasteiger partial charge in [-0.05, 0) is 18.2 Å². The highest BCUT2D eigenvalue weighted by Gasteiger charge is 2.21. The lowest BCUT2D eigenvalue weighted by molar-refractivity contribution is -0.115. The van der Waals surface area contributed by atoms with Gasteiger partial charge in [-0.15, -0.1) is 0 Å². The smallest absolute Gasteiger partial charge is 0.243 e. The summed E-state index contributed by atoms with van der Waals surface area (Å²) in [5, 5.41) is 11.2. The number of fused-ring (bicyclic) bond motifs is 1. The maximum atomic E-state index is 13.0. The number of rotatable bonds is 1. The summed E-state index contributed by atoms with van der Waals surface area (Å²) in [6.45, 7) is 0.161. The van der Waals surface area contributed by atoms with Crippen molar-refractivity contribution in [2.24, 2.45) is 0 Å². The van der Waals surface area contributed by atoms with Crippen molar-refractivity contribution in [3.8, 4) is 6.07 Å². The number of amides is 1. The van der Waals surface area contributed by atoms with Gasteiger partial charge >= 0.3 is 0 Å². The van der Waals surface area contributed by atoms with Gasteiger partial charge in [0, 0.05) is 0 Å². The second-order valence-corrected chi connectivity index (χ2v) is 3.22. The van der Waals surface area contributed by atoms with Crippen molar-refractivity contribution >= 4 is 17.3 Å². The van der Waals surface area contributed by atoms with Crippen LogP contribution in [-0.2, 0) is 4.79 Å². The molecule has 0 fully saturated rings. The first-order valence-corrected chi connectivity index (χ1v) is 4.42. The highest BCUT2D eigenvalue weighted by atomic mass is 19.1. The van der Waals surface area contributed by atoms with Gasteiger partial charge in [0.25, 0.3) is 0 Å². The Kier molecular flexibility index (Phi) is 2.26. The Hall–Kier alpha value is -2.09. The molecular formula is C10H8FN3O. The number of hydrogen-bond donors (Lipinski definition) is 1. The molecule has 1 N–H and O–H groups in total. The maximum Gasteiger partial charge on any atom is 0.243 e. The number of halogens is 1. The monoisotopic (exact) mass is 205 g/mol. The number of benzene rings is 1. The molecule has 0 saturated heterocycles. The van der Waals surface area contributed by atoms with Crippen molar-refractivity contribution in [3.63, 3.8) is 0 Å².